The first-order valence-corrected chi connectivity index (χ1v) is 18.1. The third-order valence-electron chi connectivity index (χ3n) is 7.40. The van der Waals surface area contributed by atoms with Gasteiger partial charge in [-0.25, -0.2) is 19.5 Å². The number of esters is 1. The van der Waals surface area contributed by atoms with E-state index in [-0.39, 0.29) is 34.7 Å². The number of thiazole rings is 1. The fraction of sp³-hybridized carbons (Fsp3) is 0.231. The maximum Gasteiger partial charge on any atom is 0.417 e. The van der Waals surface area contributed by atoms with E-state index in [9.17, 15) is 9.59 Å². The van der Waals surface area contributed by atoms with E-state index in [2.05, 4.69) is 15.3 Å². The fourth-order valence-electron chi connectivity index (χ4n) is 4.85. The van der Waals surface area contributed by atoms with Gasteiger partial charge in [0.25, 0.3) is 0 Å². The van der Waals surface area contributed by atoms with E-state index in [0.717, 1.165) is 16.7 Å². The van der Waals surface area contributed by atoms with Crippen LogP contribution in [0.1, 0.15) is 55.6 Å². The standard InChI is InChI=1S/C39H39Cl2N5O5S/c1-5-32(43-30-21-20-29(40)34(41)33(30)35(47)49-23-26-14-10-7-11-15-26)50-28-18-16-27(17-19-28)31-24-52-37(44-31)45-36(42)46(38(48)51-39(2,3)4)22-25-12-8-6-9-13-25/h6-21,24,32,43H,5,22-23H2,1-4H3,(H2,42,44,45). The molecular weight excluding hydrogens is 721 g/mol. The Bertz CT molecular complexity index is 2000. The lowest BCUT2D eigenvalue weighted by molar-refractivity contribution is 0.0356. The summed E-state index contributed by atoms with van der Waals surface area (Å²) in [5.74, 6) is -0.0565. The normalized spacial score (nSPS) is 12.2. The molecule has 0 fully saturated rings. The predicted octanol–water partition coefficient (Wildman–Crippen LogP) is 10.1. The molecule has 4 aromatic carbocycles. The smallest absolute Gasteiger partial charge is 0.417 e. The van der Waals surface area contributed by atoms with Crippen molar-refractivity contribution >= 4 is 63.4 Å². The number of benzene rings is 4. The highest BCUT2D eigenvalue weighted by Gasteiger charge is 2.26. The monoisotopic (exact) mass is 759 g/mol. The largest absolute Gasteiger partial charge is 0.471 e. The van der Waals surface area contributed by atoms with E-state index in [0.29, 0.717) is 28.7 Å². The van der Waals surface area contributed by atoms with Gasteiger partial charge in [0.15, 0.2) is 6.23 Å². The van der Waals surface area contributed by atoms with Gasteiger partial charge >= 0.3 is 12.1 Å². The van der Waals surface area contributed by atoms with Crippen molar-refractivity contribution in [2.45, 2.75) is 59.1 Å². The molecule has 52 heavy (non-hydrogen) atoms. The van der Waals surface area contributed by atoms with Gasteiger partial charge in [-0.3, -0.25) is 0 Å². The van der Waals surface area contributed by atoms with Crippen LogP contribution in [0.2, 0.25) is 10.0 Å². The highest BCUT2D eigenvalue weighted by atomic mass is 35.5. The number of aromatic nitrogens is 1. The van der Waals surface area contributed by atoms with E-state index >= 15 is 0 Å². The van der Waals surface area contributed by atoms with Gasteiger partial charge in [-0.05, 0) is 68.3 Å². The number of hydrogen-bond donors (Lipinski definition) is 2. The molecule has 1 aromatic heterocycles. The molecule has 10 nitrogen and oxygen atoms in total. The predicted molar refractivity (Wildman–Crippen MR) is 207 cm³/mol. The van der Waals surface area contributed by atoms with Crippen molar-refractivity contribution in [2.75, 3.05) is 5.32 Å². The lowest BCUT2D eigenvalue weighted by Crippen LogP contribution is -2.44. The molecule has 0 aliphatic carbocycles. The first kappa shape index (κ1) is 38.1. The second kappa shape index (κ2) is 17.4. The summed E-state index contributed by atoms with van der Waals surface area (Å²) in [7, 11) is 0. The number of amides is 1. The number of nitrogens with one attached hydrogen (secondary N) is 1. The third kappa shape index (κ3) is 10.5. The molecule has 0 spiro atoms. The highest BCUT2D eigenvalue weighted by Crippen LogP contribution is 2.34. The number of carbonyl (C=O) groups excluding carboxylic acids is 2. The average molecular weight is 761 g/mol. The van der Waals surface area contributed by atoms with E-state index in [4.69, 9.17) is 43.1 Å². The number of aliphatic imine (C=N–C) groups is 1. The lowest BCUT2D eigenvalue weighted by atomic mass is 10.1. The Hall–Kier alpha value is -5.10. The molecule has 1 heterocycles. The Morgan fingerprint density at radius 2 is 1.60 bits per heavy atom. The number of nitrogens with zero attached hydrogens (tertiary/aromatic N) is 3. The molecule has 1 unspecified atom stereocenters. The van der Waals surface area contributed by atoms with Crippen molar-refractivity contribution in [1.82, 2.24) is 9.88 Å². The van der Waals surface area contributed by atoms with Gasteiger partial charge in [-0.2, -0.15) is 4.99 Å². The van der Waals surface area contributed by atoms with Gasteiger partial charge in [-0.15, -0.1) is 11.3 Å². The van der Waals surface area contributed by atoms with Gasteiger partial charge in [0.1, 0.15) is 23.5 Å². The zero-order valence-corrected chi connectivity index (χ0v) is 31.5. The van der Waals surface area contributed by atoms with Crippen molar-refractivity contribution in [3.63, 3.8) is 0 Å². The van der Waals surface area contributed by atoms with Crippen LogP contribution in [0.5, 0.6) is 5.75 Å². The van der Waals surface area contributed by atoms with Gasteiger partial charge in [0.2, 0.25) is 11.1 Å². The minimum atomic E-state index is -0.715. The summed E-state index contributed by atoms with van der Waals surface area (Å²) in [4.78, 5) is 36.6. The molecule has 0 bridgehead atoms. The van der Waals surface area contributed by atoms with E-state index < -0.39 is 23.9 Å². The second-order valence-corrected chi connectivity index (χ2v) is 14.2. The number of hydrogen-bond acceptors (Lipinski definition) is 9. The van der Waals surface area contributed by atoms with Crippen LogP contribution in [0.3, 0.4) is 0 Å². The Balaban J connectivity index is 1.27. The Morgan fingerprint density at radius 3 is 2.23 bits per heavy atom. The maximum atomic E-state index is 13.2. The molecule has 0 aliphatic rings. The molecule has 0 saturated carbocycles. The molecule has 270 valence electrons. The number of nitrogens with two attached hydrogens (primary N) is 1. The van der Waals surface area contributed by atoms with Crippen LogP contribution in [-0.4, -0.2) is 39.7 Å². The Kier molecular flexibility index (Phi) is 12.8. The summed E-state index contributed by atoms with van der Waals surface area (Å²) in [5.41, 5.74) is 9.41. The molecule has 3 N–H and O–H groups in total. The van der Waals surface area contributed by atoms with Gasteiger partial charge in [0, 0.05) is 17.4 Å². The first-order valence-electron chi connectivity index (χ1n) is 16.5. The number of halogens is 2. The van der Waals surface area contributed by atoms with Gasteiger partial charge in [0.05, 0.1) is 28.0 Å². The molecule has 5 aromatic rings. The molecular formula is C39H39Cl2N5O5S. The highest BCUT2D eigenvalue weighted by molar-refractivity contribution is 7.13. The summed E-state index contributed by atoms with van der Waals surface area (Å²) in [5, 5.41) is 5.82. The Morgan fingerprint density at radius 1 is 0.942 bits per heavy atom. The number of guanidine groups is 1. The molecule has 5 rings (SSSR count). The summed E-state index contributed by atoms with van der Waals surface area (Å²) in [6, 6.07) is 29.5. The fourth-order valence-corrected chi connectivity index (χ4v) is 5.95. The number of ether oxygens (including phenoxy) is 3. The number of carbonyl (C=O) groups is 2. The second-order valence-electron chi connectivity index (χ2n) is 12.6. The van der Waals surface area contributed by atoms with Crippen LogP contribution in [-0.2, 0) is 22.6 Å². The van der Waals surface area contributed by atoms with Crippen LogP contribution in [0.4, 0.5) is 15.6 Å². The topological polar surface area (TPSA) is 128 Å². The minimum Gasteiger partial charge on any atom is -0.471 e. The SMILES string of the molecule is CCC(Nc1ccc(Cl)c(Cl)c1C(=O)OCc1ccccc1)Oc1ccc(-c2csc(/N=C(\N)N(Cc3ccccc3)C(=O)OC(C)(C)C)n2)cc1. The van der Waals surface area contributed by atoms with Crippen LogP contribution >= 0.6 is 34.5 Å². The molecule has 0 aliphatic heterocycles. The van der Waals surface area contributed by atoms with E-state index in [1.807, 2.05) is 97.2 Å². The average Bonchev–Trinajstić information content (AvgIpc) is 3.59. The Labute approximate surface area is 317 Å². The van der Waals surface area contributed by atoms with Crippen LogP contribution in [0.25, 0.3) is 11.3 Å². The van der Waals surface area contributed by atoms with Crippen LogP contribution < -0.4 is 15.8 Å². The van der Waals surface area contributed by atoms with E-state index in [1.54, 1.807) is 32.9 Å². The summed E-state index contributed by atoms with van der Waals surface area (Å²) >= 11 is 14.1. The van der Waals surface area contributed by atoms with Crippen molar-refractivity contribution in [3.8, 4) is 17.0 Å². The molecule has 1 atom stereocenters. The van der Waals surface area contributed by atoms with Gasteiger partial charge < -0.3 is 25.3 Å². The number of anilines is 1. The summed E-state index contributed by atoms with van der Waals surface area (Å²) < 4.78 is 17.4. The third-order valence-corrected chi connectivity index (χ3v) is 8.94. The van der Waals surface area contributed by atoms with Crippen molar-refractivity contribution in [2.24, 2.45) is 10.7 Å². The van der Waals surface area contributed by atoms with Crippen molar-refractivity contribution < 1.29 is 23.8 Å². The zero-order valence-electron chi connectivity index (χ0n) is 29.1. The maximum absolute atomic E-state index is 13.2. The minimum absolute atomic E-state index is 0.0320. The first-order chi connectivity index (χ1) is 24.9. The molecule has 0 radical (unpaired) electrons. The van der Waals surface area contributed by atoms with Crippen LogP contribution in [0.15, 0.2) is 107 Å². The quantitative estimate of drug-likeness (QED) is 0.0557. The van der Waals surface area contributed by atoms with Crippen LogP contribution in [0, 0.1) is 0 Å². The van der Waals surface area contributed by atoms with Crippen molar-refractivity contribution in [3.05, 3.63) is 129 Å². The van der Waals surface area contributed by atoms with Crippen molar-refractivity contribution in [1.29, 1.82) is 0 Å². The van der Waals surface area contributed by atoms with E-state index in [1.165, 1.54) is 16.2 Å². The number of rotatable bonds is 12. The summed E-state index contributed by atoms with van der Waals surface area (Å²) in [6.07, 6.45) is -0.570. The molecule has 0 saturated heterocycles. The molecule has 13 heteroatoms. The van der Waals surface area contributed by atoms with Gasteiger partial charge in [-0.1, -0.05) is 90.8 Å². The summed E-state index contributed by atoms with van der Waals surface area (Å²) in [6.45, 7) is 7.59. The zero-order chi connectivity index (χ0) is 37.3. The lowest BCUT2D eigenvalue weighted by Gasteiger charge is -2.26. The molecule has 1 amide bonds.